The summed E-state index contributed by atoms with van der Waals surface area (Å²) in [5, 5.41) is 22.7. The lowest BCUT2D eigenvalue weighted by Gasteiger charge is -2.58. The van der Waals surface area contributed by atoms with Crippen LogP contribution in [0.1, 0.15) is 58.3 Å². The number of ether oxygens (including phenoxy) is 1. The number of hydrogen-bond donors (Lipinski definition) is 2. The molecule has 0 amide bonds. The lowest BCUT2D eigenvalue weighted by Crippen LogP contribution is -2.63. The van der Waals surface area contributed by atoms with Crippen LogP contribution >= 0.6 is 0 Å². The number of para-hydroxylation sites is 1. The summed E-state index contributed by atoms with van der Waals surface area (Å²) in [6.45, 7) is 8.79. The number of aromatic nitrogens is 4. The Hall–Kier alpha value is -4.19. The molecule has 3 saturated carbocycles. The van der Waals surface area contributed by atoms with Gasteiger partial charge in [0.2, 0.25) is 5.95 Å². The minimum absolute atomic E-state index is 0.0187. The van der Waals surface area contributed by atoms with E-state index in [2.05, 4.69) is 35.1 Å². The van der Waals surface area contributed by atoms with Crippen LogP contribution in [0, 0.1) is 11.3 Å². The number of phenolic OH excluding ortho intramolecular Hbond substituents is 1. The van der Waals surface area contributed by atoms with Gasteiger partial charge in [-0.15, -0.1) is 10.2 Å². The SMILES string of the molecule is CCOC(=O)C1CCC2(CC1)CC(N1CCN(c3cnc(N4CCN5c6cc(-c7ccccc7O)nnc6NC[C@H]5C4)nc3)CC13CC3)C2. The van der Waals surface area contributed by atoms with Gasteiger partial charge in [-0.3, -0.25) is 9.69 Å². The Labute approximate surface area is 287 Å². The third kappa shape index (κ3) is 5.52. The normalized spacial score (nSPS) is 28.8. The van der Waals surface area contributed by atoms with E-state index in [0.717, 1.165) is 81.8 Å². The number of esters is 1. The van der Waals surface area contributed by atoms with Crippen molar-refractivity contribution in [2.45, 2.75) is 75.9 Å². The van der Waals surface area contributed by atoms with Crippen molar-refractivity contribution in [1.82, 2.24) is 25.1 Å². The minimum atomic E-state index is 0.0187. The van der Waals surface area contributed by atoms with Crippen LogP contribution in [0.25, 0.3) is 11.3 Å². The Kier molecular flexibility index (Phi) is 7.55. The van der Waals surface area contributed by atoms with Crippen LogP contribution in [-0.2, 0) is 9.53 Å². The molecule has 3 aromatic rings. The van der Waals surface area contributed by atoms with Gasteiger partial charge in [-0.25, -0.2) is 9.97 Å². The molecule has 2 N–H and O–H groups in total. The number of anilines is 4. The summed E-state index contributed by atoms with van der Waals surface area (Å²) in [7, 11) is 0. The van der Waals surface area contributed by atoms with Crippen LogP contribution in [0.4, 0.5) is 23.1 Å². The molecule has 2 spiro atoms. The van der Waals surface area contributed by atoms with Gasteiger partial charge in [0.1, 0.15) is 5.75 Å². The van der Waals surface area contributed by atoms with E-state index in [4.69, 9.17) is 14.7 Å². The van der Waals surface area contributed by atoms with Gasteiger partial charge in [0.25, 0.3) is 0 Å². The van der Waals surface area contributed by atoms with E-state index in [-0.39, 0.29) is 23.7 Å². The highest BCUT2D eigenvalue weighted by Crippen LogP contribution is 2.58. The lowest BCUT2D eigenvalue weighted by atomic mass is 9.56. The fraction of sp³-hybridized carbons (Fsp3) is 0.595. The second-order valence-electron chi connectivity index (χ2n) is 15.3. The molecule has 0 unspecified atom stereocenters. The Morgan fingerprint density at radius 3 is 2.51 bits per heavy atom. The largest absolute Gasteiger partial charge is 0.507 e. The lowest BCUT2D eigenvalue weighted by molar-refractivity contribution is -0.151. The third-order valence-electron chi connectivity index (χ3n) is 12.5. The first-order chi connectivity index (χ1) is 23.9. The molecular weight excluding hydrogens is 618 g/mol. The summed E-state index contributed by atoms with van der Waals surface area (Å²) in [6, 6.07) is 10.2. The zero-order valence-electron chi connectivity index (χ0n) is 28.4. The molecule has 3 aliphatic carbocycles. The smallest absolute Gasteiger partial charge is 0.308 e. The fourth-order valence-electron chi connectivity index (χ4n) is 9.60. The second kappa shape index (κ2) is 12.0. The van der Waals surface area contributed by atoms with E-state index in [0.29, 0.717) is 34.9 Å². The Morgan fingerprint density at radius 2 is 1.76 bits per heavy atom. The average Bonchev–Trinajstić information content (AvgIpc) is 3.89. The Balaban J connectivity index is 0.805. The number of nitrogens with zero attached hydrogens (tertiary/aromatic N) is 8. The van der Waals surface area contributed by atoms with E-state index in [1.54, 1.807) is 6.07 Å². The summed E-state index contributed by atoms with van der Waals surface area (Å²) >= 11 is 0. The van der Waals surface area contributed by atoms with E-state index in [1.165, 1.54) is 38.5 Å². The number of rotatable bonds is 6. The number of fused-ring (bicyclic) bond motifs is 3. The molecule has 2 aromatic heterocycles. The molecule has 5 heterocycles. The summed E-state index contributed by atoms with van der Waals surface area (Å²) in [5.41, 5.74) is 4.25. The van der Waals surface area contributed by atoms with Crippen LogP contribution in [0.5, 0.6) is 5.75 Å². The number of piperazine rings is 2. The van der Waals surface area contributed by atoms with Crippen molar-refractivity contribution >= 4 is 29.1 Å². The average molecular weight is 666 g/mol. The van der Waals surface area contributed by atoms with Gasteiger partial charge in [0, 0.05) is 63.0 Å². The first kappa shape index (κ1) is 30.8. The topological polar surface area (TPSA) is 123 Å². The van der Waals surface area contributed by atoms with Gasteiger partial charge in [-0.05, 0) is 81.9 Å². The Bertz CT molecular complexity index is 1700. The molecule has 6 aliphatic rings. The van der Waals surface area contributed by atoms with Crippen molar-refractivity contribution in [2.75, 3.05) is 72.4 Å². The molecule has 258 valence electrons. The van der Waals surface area contributed by atoms with Gasteiger partial charge in [-0.2, -0.15) is 0 Å². The standard InChI is InChI=1S/C37H47N9O3/c1-2-49-34(48)25-7-9-36(10-8-25)18-26(19-36)46-16-14-44(24-37(46)11-12-37)27-20-39-35(40-21-27)43-13-15-45-28(23-43)22-38-33-31(45)17-30(41-42-33)29-5-3-4-6-32(29)47/h3-6,17,20-21,25-26,28,47H,2,7-16,18-19,22-24H2,1H3,(H,38,42)/t25?,26?,28-,36?/m0/s1. The van der Waals surface area contributed by atoms with E-state index in [1.807, 2.05) is 43.6 Å². The maximum atomic E-state index is 12.3. The van der Waals surface area contributed by atoms with Crippen LogP contribution in [0.2, 0.25) is 0 Å². The van der Waals surface area contributed by atoms with Gasteiger partial charge in [0.05, 0.1) is 48.0 Å². The maximum Gasteiger partial charge on any atom is 0.308 e. The number of carbonyl (C=O) groups is 1. The molecule has 1 atom stereocenters. The number of aromatic hydroxyl groups is 1. The molecule has 1 aromatic carbocycles. The predicted molar refractivity (Wildman–Crippen MR) is 188 cm³/mol. The molecule has 12 nitrogen and oxygen atoms in total. The monoisotopic (exact) mass is 665 g/mol. The van der Waals surface area contributed by atoms with E-state index < -0.39 is 0 Å². The van der Waals surface area contributed by atoms with Gasteiger partial charge in [0.15, 0.2) is 5.82 Å². The third-order valence-corrected chi connectivity index (χ3v) is 12.5. The molecule has 9 rings (SSSR count). The highest BCUT2D eigenvalue weighted by atomic mass is 16.5. The molecule has 49 heavy (non-hydrogen) atoms. The number of benzene rings is 1. The summed E-state index contributed by atoms with van der Waals surface area (Å²) in [4.78, 5) is 32.1. The van der Waals surface area contributed by atoms with Gasteiger partial charge in [-0.1, -0.05) is 12.1 Å². The molecule has 5 fully saturated rings. The van der Waals surface area contributed by atoms with Gasteiger partial charge < -0.3 is 29.9 Å². The maximum absolute atomic E-state index is 12.3. The summed E-state index contributed by atoms with van der Waals surface area (Å²) in [6.07, 6.45) is 13.6. The van der Waals surface area contributed by atoms with Crippen molar-refractivity contribution in [1.29, 1.82) is 0 Å². The van der Waals surface area contributed by atoms with Crippen LogP contribution in [-0.4, -0.2) is 106 Å². The van der Waals surface area contributed by atoms with Crippen molar-refractivity contribution in [3.05, 3.63) is 42.7 Å². The van der Waals surface area contributed by atoms with Crippen molar-refractivity contribution < 1.29 is 14.6 Å². The van der Waals surface area contributed by atoms with Crippen molar-refractivity contribution in [3.63, 3.8) is 0 Å². The number of phenols is 1. The van der Waals surface area contributed by atoms with Crippen LogP contribution in [0.3, 0.4) is 0 Å². The zero-order chi connectivity index (χ0) is 33.2. The predicted octanol–water partition coefficient (Wildman–Crippen LogP) is 4.32. The van der Waals surface area contributed by atoms with E-state index >= 15 is 0 Å². The second-order valence-corrected chi connectivity index (χ2v) is 15.3. The van der Waals surface area contributed by atoms with Crippen LogP contribution < -0.4 is 20.0 Å². The molecule has 0 radical (unpaired) electrons. The first-order valence-corrected chi connectivity index (χ1v) is 18.3. The van der Waals surface area contributed by atoms with Crippen molar-refractivity contribution in [3.8, 4) is 17.0 Å². The molecule has 2 saturated heterocycles. The summed E-state index contributed by atoms with van der Waals surface area (Å²) in [5.74, 6) is 1.91. The number of carbonyl (C=O) groups excluding carboxylic acids is 1. The quantitative estimate of drug-likeness (QED) is 0.365. The molecule has 3 aliphatic heterocycles. The highest BCUT2D eigenvalue weighted by Gasteiger charge is 2.58. The number of hydrogen-bond acceptors (Lipinski definition) is 12. The summed E-state index contributed by atoms with van der Waals surface area (Å²) < 4.78 is 5.31. The Morgan fingerprint density at radius 1 is 0.980 bits per heavy atom. The highest BCUT2D eigenvalue weighted by molar-refractivity contribution is 5.77. The van der Waals surface area contributed by atoms with E-state index in [9.17, 15) is 9.90 Å². The van der Waals surface area contributed by atoms with Crippen LogP contribution in [0.15, 0.2) is 42.7 Å². The van der Waals surface area contributed by atoms with Gasteiger partial charge >= 0.3 is 5.97 Å². The van der Waals surface area contributed by atoms with Crippen molar-refractivity contribution in [2.24, 2.45) is 11.3 Å². The molecule has 12 heteroatoms. The minimum Gasteiger partial charge on any atom is -0.507 e. The first-order valence-electron chi connectivity index (χ1n) is 18.3. The molecule has 0 bridgehead atoms. The fourth-order valence-corrected chi connectivity index (χ4v) is 9.60. The molecular formula is C37H47N9O3. The zero-order valence-corrected chi connectivity index (χ0v) is 28.4. The number of nitrogens with one attached hydrogen (secondary N) is 1.